The van der Waals surface area contributed by atoms with Crippen molar-refractivity contribution in [2.24, 2.45) is 4.99 Å². The van der Waals surface area contributed by atoms with Gasteiger partial charge in [0.05, 0.1) is 13.7 Å². The number of aliphatic imine (C=N–C) groups is 1. The van der Waals surface area contributed by atoms with Crippen LogP contribution in [0.3, 0.4) is 0 Å². The zero-order valence-corrected chi connectivity index (χ0v) is 19.3. The number of nitrogens with zero attached hydrogens (tertiary/aromatic N) is 4. The summed E-state index contributed by atoms with van der Waals surface area (Å²) in [6.07, 6.45) is 5.52. The number of hydrogen-bond donors (Lipinski definition) is 2. The van der Waals surface area contributed by atoms with Crippen LogP contribution in [-0.2, 0) is 13.1 Å². The van der Waals surface area contributed by atoms with Crippen molar-refractivity contribution >= 4 is 29.9 Å². The fourth-order valence-corrected chi connectivity index (χ4v) is 2.81. The van der Waals surface area contributed by atoms with E-state index in [0.717, 1.165) is 41.0 Å². The molecule has 0 saturated carbocycles. The van der Waals surface area contributed by atoms with Gasteiger partial charge in [-0.25, -0.2) is 15.0 Å². The van der Waals surface area contributed by atoms with Gasteiger partial charge in [0.2, 0.25) is 0 Å². The first-order valence-corrected chi connectivity index (χ1v) is 9.30. The zero-order valence-electron chi connectivity index (χ0n) is 16.9. The van der Waals surface area contributed by atoms with Gasteiger partial charge in [0.15, 0.2) is 5.96 Å². The van der Waals surface area contributed by atoms with Gasteiger partial charge in [0, 0.05) is 37.2 Å². The molecule has 0 amide bonds. The Morgan fingerprint density at radius 1 is 1.14 bits per heavy atom. The first-order chi connectivity index (χ1) is 13.7. The van der Waals surface area contributed by atoms with E-state index >= 15 is 0 Å². The maximum Gasteiger partial charge on any atom is 0.191 e. The number of imidazole rings is 1. The van der Waals surface area contributed by atoms with Crippen molar-refractivity contribution in [1.29, 1.82) is 0 Å². The van der Waals surface area contributed by atoms with Crippen molar-refractivity contribution in [2.75, 3.05) is 13.7 Å². The highest BCUT2D eigenvalue weighted by atomic mass is 127. The Morgan fingerprint density at radius 3 is 2.62 bits per heavy atom. The summed E-state index contributed by atoms with van der Waals surface area (Å²) in [5.41, 5.74) is 2.12. The number of benzene rings is 1. The largest absolute Gasteiger partial charge is 0.496 e. The number of hydrogen-bond acceptors (Lipinski definition) is 4. The number of methoxy groups -OCH3 is 1. The molecule has 154 valence electrons. The number of nitrogens with one attached hydrogen (secondary N) is 2. The van der Waals surface area contributed by atoms with Gasteiger partial charge in [0.1, 0.15) is 17.4 Å². The van der Waals surface area contributed by atoms with Crippen LogP contribution in [0.5, 0.6) is 5.75 Å². The maximum atomic E-state index is 5.40. The summed E-state index contributed by atoms with van der Waals surface area (Å²) in [5.74, 6) is 3.38. The van der Waals surface area contributed by atoms with E-state index < -0.39 is 0 Å². The summed E-state index contributed by atoms with van der Waals surface area (Å²) in [6, 6.07) is 12.0. The van der Waals surface area contributed by atoms with Crippen LogP contribution in [0.25, 0.3) is 5.82 Å². The van der Waals surface area contributed by atoms with Crippen LogP contribution in [0.1, 0.15) is 23.9 Å². The molecule has 3 rings (SSSR count). The third-order valence-corrected chi connectivity index (χ3v) is 4.28. The molecular weight excluding hydrogens is 479 g/mol. The normalized spacial score (nSPS) is 10.9. The first-order valence-electron chi connectivity index (χ1n) is 9.30. The molecule has 3 aromatic rings. The van der Waals surface area contributed by atoms with Crippen molar-refractivity contribution in [3.05, 3.63) is 71.9 Å². The zero-order chi connectivity index (χ0) is 19.8. The molecule has 8 heteroatoms. The minimum absolute atomic E-state index is 0. The third kappa shape index (κ3) is 6.18. The van der Waals surface area contributed by atoms with E-state index in [1.807, 2.05) is 67.2 Å². The van der Waals surface area contributed by atoms with E-state index in [2.05, 4.69) is 25.6 Å². The van der Waals surface area contributed by atoms with Crippen LogP contribution in [-0.4, -0.2) is 34.1 Å². The Morgan fingerprint density at radius 2 is 1.97 bits per heavy atom. The number of para-hydroxylation sites is 1. The highest BCUT2D eigenvalue weighted by Crippen LogP contribution is 2.16. The minimum Gasteiger partial charge on any atom is -0.496 e. The molecule has 0 radical (unpaired) electrons. The average Bonchev–Trinajstić information content (AvgIpc) is 3.16. The topological polar surface area (TPSA) is 76.4 Å². The molecule has 7 nitrogen and oxygen atoms in total. The summed E-state index contributed by atoms with van der Waals surface area (Å²) in [4.78, 5) is 13.4. The van der Waals surface area contributed by atoms with E-state index in [4.69, 9.17) is 4.74 Å². The van der Waals surface area contributed by atoms with Crippen molar-refractivity contribution in [1.82, 2.24) is 25.2 Å². The summed E-state index contributed by atoms with van der Waals surface area (Å²) in [7, 11) is 1.68. The molecular formula is C21H27IN6O. The molecule has 2 N–H and O–H groups in total. The molecule has 0 aliphatic rings. The molecule has 0 unspecified atom stereocenters. The average molecular weight is 506 g/mol. The fourth-order valence-electron chi connectivity index (χ4n) is 2.81. The van der Waals surface area contributed by atoms with E-state index in [1.165, 1.54) is 0 Å². The second-order valence-electron chi connectivity index (χ2n) is 6.23. The predicted molar refractivity (Wildman–Crippen MR) is 126 cm³/mol. The molecule has 29 heavy (non-hydrogen) atoms. The van der Waals surface area contributed by atoms with Gasteiger partial charge in [-0.05, 0) is 31.5 Å². The highest BCUT2D eigenvalue weighted by Gasteiger charge is 2.05. The van der Waals surface area contributed by atoms with Gasteiger partial charge in [0.25, 0.3) is 0 Å². The van der Waals surface area contributed by atoms with Crippen LogP contribution < -0.4 is 15.4 Å². The summed E-state index contributed by atoms with van der Waals surface area (Å²) in [5, 5.41) is 6.62. The molecule has 0 fully saturated rings. The summed E-state index contributed by atoms with van der Waals surface area (Å²) >= 11 is 0. The van der Waals surface area contributed by atoms with Gasteiger partial charge in [-0.3, -0.25) is 4.57 Å². The molecule has 0 aliphatic heterocycles. The monoisotopic (exact) mass is 506 g/mol. The number of halogens is 1. The number of aryl methyl sites for hydroxylation is 1. The smallest absolute Gasteiger partial charge is 0.191 e. The van der Waals surface area contributed by atoms with Crippen LogP contribution >= 0.6 is 24.0 Å². The molecule has 0 spiro atoms. The number of ether oxygens (including phenoxy) is 1. The molecule has 0 bridgehead atoms. The molecule has 0 aliphatic carbocycles. The lowest BCUT2D eigenvalue weighted by atomic mass is 10.2. The van der Waals surface area contributed by atoms with E-state index in [-0.39, 0.29) is 24.0 Å². The van der Waals surface area contributed by atoms with Crippen LogP contribution in [0, 0.1) is 6.92 Å². The standard InChI is InChI=1S/C21H26N6O.HI/c1-4-22-21(26-15-18-7-5-6-8-19(18)28-3)25-14-17-9-10-20(24-13-17)27-12-11-23-16(27)2;/h5-13H,4,14-15H2,1-3H3,(H2,22,25,26);1H. The molecule has 1 aromatic carbocycles. The van der Waals surface area contributed by atoms with Crippen molar-refractivity contribution in [3.8, 4) is 11.6 Å². The number of pyridine rings is 1. The van der Waals surface area contributed by atoms with Crippen LogP contribution in [0.4, 0.5) is 0 Å². The molecule has 2 aromatic heterocycles. The maximum absolute atomic E-state index is 5.40. The van der Waals surface area contributed by atoms with E-state index in [1.54, 1.807) is 13.3 Å². The Balaban J connectivity index is 0.00000300. The third-order valence-electron chi connectivity index (χ3n) is 4.28. The van der Waals surface area contributed by atoms with Gasteiger partial charge >= 0.3 is 0 Å². The number of aromatic nitrogens is 3. The summed E-state index contributed by atoms with van der Waals surface area (Å²) in [6.45, 7) is 5.96. The Hall–Kier alpha value is -2.62. The highest BCUT2D eigenvalue weighted by molar-refractivity contribution is 14.0. The van der Waals surface area contributed by atoms with Gasteiger partial charge < -0.3 is 15.4 Å². The van der Waals surface area contributed by atoms with E-state index in [9.17, 15) is 0 Å². The van der Waals surface area contributed by atoms with Gasteiger partial charge in [-0.2, -0.15) is 0 Å². The first kappa shape index (κ1) is 22.7. The quantitative estimate of drug-likeness (QED) is 0.292. The molecule has 0 saturated heterocycles. The fraction of sp³-hybridized carbons (Fsp3) is 0.286. The minimum atomic E-state index is 0. The Kier molecular flexibility index (Phi) is 8.91. The van der Waals surface area contributed by atoms with Gasteiger partial charge in [-0.1, -0.05) is 24.3 Å². The SMILES string of the molecule is CCNC(=NCc1ccc(-n2ccnc2C)nc1)NCc1ccccc1OC.I. The van der Waals surface area contributed by atoms with Crippen LogP contribution in [0.15, 0.2) is 60.0 Å². The van der Waals surface area contributed by atoms with Crippen molar-refractivity contribution < 1.29 is 4.74 Å². The second-order valence-corrected chi connectivity index (χ2v) is 6.23. The Labute approximate surface area is 188 Å². The number of rotatable bonds is 7. The lowest BCUT2D eigenvalue weighted by molar-refractivity contribution is 0.409. The lowest BCUT2D eigenvalue weighted by Gasteiger charge is -2.13. The number of guanidine groups is 1. The van der Waals surface area contributed by atoms with Crippen molar-refractivity contribution in [2.45, 2.75) is 26.9 Å². The Bertz CT molecular complexity index is 923. The van der Waals surface area contributed by atoms with E-state index in [0.29, 0.717) is 13.1 Å². The summed E-state index contributed by atoms with van der Waals surface area (Å²) < 4.78 is 7.35. The molecule has 2 heterocycles. The lowest BCUT2D eigenvalue weighted by Crippen LogP contribution is -2.36. The van der Waals surface area contributed by atoms with Crippen molar-refractivity contribution in [3.63, 3.8) is 0 Å². The second kappa shape index (κ2) is 11.4. The predicted octanol–water partition coefficient (Wildman–Crippen LogP) is 3.46. The molecule has 0 atom stereocenters. The van der Waals surface area contributed by atoms with Gasteiger partial charge in [-0.15, -0.1) is 24.0 Å². The van der Waals surface area contributed by atoms with Crippen LogP contribution in [0.2, 0.25) is 0 Å².